The summed E-state index contributed by atoms with van der Waals surface area (Å²) in [4.78, 5) is 0. The SMILES string of the molecule is CCc1ccc(CS(=O)CC(C)(C)N)cc1. The molecule has 3 heteroatoms. The highest BCUT2D eigenvalue weighted by Crippen LogP contribution is 2.09. The van der Waals surface area contributed by atoms with E-state index in [1.807, 2.05) is 13.8 Å². The predicted molar refractivity (Wildman–Crippen MR) is 70.8 cm³/mol. The van der Waals surface area contributed by atoms with Crippen LogP contribution < -0.4 is 5.73 Å². The van der Waals surface area contributed by atoms with Crippen molar-refractivity contribution in [2.45, 2.75) is 38.5 Å². The maximum atomic E-state index is 11.8. The summed E-state index contributed by atoms with van der Waals surface area (Å²) in [6.07, 6.45) is 1.04. The monoisotopic (exact) mass is 239 g/mol. The van der Waals surface area contributed by atoms with Crippen LogP contribution in [0.1, 0.15) is 31.9 Å². The Morgan fingerprint density at radius 1 is 1.19 bits per heavy atom. The van der Waals surface area contributed by atoms with E-state index in [1.165, 1.54) is 5.56 Å². The van der Waals surface area contributed by atoms with Gasteiger partial charge in [-0.05, 0) is 31.4 Å². The molecule has 1 aromatic carbocycles. The van der Waals surface area contributed by atoms with E-state index >= 15 is 0 Å². The molecule has 0 spiro atoms. The molecule has 0 aliphatic heterocycles. The number of aryl methyl sites for hydroxylation is 1. The second-order valence-corrected chi connectivity index (χ2v) is 6.34. The quantitative estimate of drug-likeness (QED) is 0.856. The molecule has 90 valence electrons. The molecule has 0 amide bonds. The average Bonchev–Trinajstić information content (AvgIpc) is 2.16. The minimum Gasteiger partial charge on any atom is -0.325 e. The van der Waals surface area contributed by atoms with Crippen molar-refractivity contribution in [2.24, 2.45) is 5.73 Å². The molecule has 1 rings (SSSR count). The van der Waals surface area contributed by atoms with Crippen LogP contribution in [0, 0.1) is 0 Å². The molecular weight excluding hydrogens is 218 g/mol. The van der Waals surface area contributed by atoms with Crippen molar-refractivity contribution in [1.29, 1.82) is 0 Å². The Labute approximate surface area is 101 Å². The van der Waals surface area contributed by atoms with Crippen molar-refractivity contribution in [3.8, 4) is 0 Å². The summed E-state index contributed by atoms with van der Waals surface area (Å²) >= 11 is 0. The van der Waals surface area contributed by atoms with Gasteiger partial charge < -0.3 is 5.73 Å². The predicted octanol–water partition coefficient (Wildman–Crippen LogP) is 2.24. The van der Waals surface area contributed by atoms with Crippen LogP contribution in [-0.4, -0.2) is 15.5 Å². The van der Waals surface area contributed by atoms with Gasteiger partial charge in [0.2, 0.25) is 0 Å². The molecule has 1 atom stereocenters. The molecule has 0 aliphatic carbocycles. The molecule has 0 saturated heterocycles. The first kappa shape index (κ1) is 13.4. The zero-order chi connectivity index (χ0) is 12.2. The number of rotatable bonds is 5. The molecule has 1 unspecified atom stereocenters. The van der Waals surface area contributed by atoms with E-state index in [9.17, 15) is 4.21 Å². The highest BCUT2D eigenvalue weighted by atomic mass is 32.2. The Hall–Kier alpha value is -0.670. The lowest BCUT2D eigenvalue weighted by atomic mass is 10.1. The lowest BCUT2D eigenvalue weighted by Crippen LogP contribution is -2.38. The van der Waals surface area contributed by atoms with Crippen LogP contribution >= 0.6 is 0 Å². The average molecular weight is 239 g/mol. The highest BCUT2D eigenvalue weighted by molar-refractivity contribution is 7.84. The molecule has 0 fully saturated rings. The third kappa shape index (κ3) is 4.90. The van der Waals surface area contributed by atoms with E-state index in [1.54, 1.807) is 0 Å². The summed E-state index contributed by atoms with van der Waals surface area (Å²) in [7, 11) is -0.874. The summed E-state index contributed by atoms with van der Waals surface area (Å²) in [5.74, 6) is 1.15. The highest BCUT2D eigenvalue weighted by Gasteiger charge is 2.15. The molecule has 2 nitrogen and oxygen atoms in total. The molecule has 16 heavy (non-hydrogen) atoms. The van der Waals surface area contributed by atoms with Gasteiger partial charge in [-0.25, -0.2) is 0 Å². The first-order valence-electron chi connectivity index (χ1n) is 5.62. The number of benzene rings is 1. The summed E-state index contributed by atoms with van der Waals surface area (Å²) < 4.78 is 11.8. The van der Waals surface area contributed by atoms with Gasteiger partial charge in [0, 0.05) is 27.8 Å². The molecule has 0 saturated carbocycles. The van der Waals surface area contributed by atoms with Crippen molar-refractivity contribution in [2.75, 3.05) is 5.75 Å². The van der Waals surface area contributed by atoms with Gasteiger partial charge in [-0.2, -0.15) is 0 Å². The molecule has 0 aromatic heterocycles. The third-order valence-electron chi connectivity index (χ3n) is 2.29. The van der Waals surface area contributed by atoms with E-state index in [-0.39, 0.29) is 5.54 Å². The standard InChI is InChI=1S/C13H21NOS/c1-4-11-5-7-12(8-6-11)9-16(15)10-13(2,3)14/h5-8H,4,9-10,14H2,1-3H3. The van der Waals surface area contributed by atoms with Gasteiger partial charge in [0.15, 0.2) is 0 Å². The minimum atomic E-state index is -0.874. The van der Waals surface area contributed by atoms with E-state index in [2.05, 4.69) is 31.2 Å². The van der Waals surface area contributed by atoms with Gasteiger partial charge in [-0.15, -0.1) is 0 Å². The van der Waals surface area contributed by atoms with Crippen LogP contribution in [-0.2, 0) is 23.0 Å². The summed E-state index contributed by atoms with van der Waals surface area (Å²) in [5.41, 5.74) is 7.93. The summed E-state index contributed by atoms with van der Waals surface area (Å²) in [6, 6.07) is 8.31. The second kappa shape index (κ2) is 5.60. The zero-order valence-electron chi connectivity index (χ0n) is 10.3. The Kier molecular flexibility index (Phi) is 4.69. The Morgan fingerprint density at radius 3 is 2.12 bits per heavy atom. The zero-order valence-corrected chi connectivity index (χ0v) is 11.1. The smallest absolute Gasteiger partial charge is 0.0486 e. The number of hydrogen-bond acceptors (Lipinski definition) is 2. The van der Waals surface area contributed by atoms with Crippen LogP contribution in [0.25, 0.3) is 0 Å². The van der Waals surface area contributed by atoms with Gasteiger partial charge in [-0.1, -0.05) is 31.2 Å². The lowest BCUT2D eigenvalue weighted by Gasteiger charge is -2.17. The molecule has 0 aliphatic rings. The number of hydrogen-bond donors (Lipinski definition) is 1. The largest absolute Gasteiger partial charge is 0.325 e. The van der Waals surface area contributed by atoms with Gasteiger partial charge in [0.1, 0.15) is 0 Å². The van der Waals surface area contributed by atoms with Crippen molar-refractivity contribution in [1.82, 2.24) is 0 Å². The van der Waals surface area contributed by atoms with Gasteiger partial charge in [0.25, 0.3) is 0 Å². The molecule has 0 radical (unpaired) electrons. The van der Waals surface area contributed by atoms with Crippen molar-refractivity contribution >= 4 is 10.8 Å². The fraction of sp³-hybridized carbons (Fsp3) is 0.538. The van der Waals surface area contributed by atoms with Crippen LogP contribution in [0.5, 0.6) is 0 Å². The molecular formula is C13H21NOS. The van der Waals surface area contributed by atoms with Crippen molar-refractivity contribution < 1.29 is 4.21 Å². The topological polar surface area (TPSA) is 43.1 Å². The fourth-order valence-corrected chi connectivity index (χ4v) is 3.02. The normalized spacial score (nSPS) is 13.8. The molecule has 0 bridgehead atoms. The minimum absolute atomic E-state index is 0.353. The second-order valence-electron chi connectivity index (χ2n) is 4.89. The van der Waals surface area contributed by atoms with Crippen LogP contribution in [0.4, 0.5) is 0 Å². The maximum absolute atomic E-state index is 11.8. The van der Waals surface area contributed by atoms with Crippen LogP contribution in [0.3, 0.4) is 0 Å². The lowest BCUT2D eigenvalue weighted by molar-refractivity contribution is 0.577. The van der Waals surface area contributed by atoms with E-state index in [0.29, 0.717) is 11.5 Å². The van der Waals surface area contributed by atoms with E-state index < -0.39 is 10.8 Å². The number of nitrogens with two attached hydrogens (primary N) is 1. The Morgan fingerprint density at radius 2 is 1.69 bits per heavy atom. The first-order valence-corrected chi connectivity index (χ1v) is 7.11. The van der Waals surface area contributed by atoms with Gasteiger partial charge >= 0.3 is 0 Å². The van der Waals surface area contributed by atoms with Gasteiger partial charge in [0.05, 0.1) is 0 Å². The van der Waals surface area contributed by atoms with Crippen molar-refractivity contribution in [3.63, 3.8) is 0 Å². The molecule has 2 N–H and O–H groups in total. The summed E-state index contributed by atoms with van der Waals surface area (Å²) in [5, 5.41) is 0. The third-order valence-corrected chi connectivity index (χ3v) is 4.01. The first-order chi connectivity index (χ1) is 7.40. The van der Waals surface area contributed by atoms with Crippen LogP contribution in [0.2, 0.25) is 0 Å². The van der Waals surface area contributed by atoms with Crippen molar-refractivity contribution in [3.05, 3.63) is 35.4 Å². The molecule has 0 heterocycles. The summed E-state index contributed by atoms with van der Waals surface area (Å²) in [6.45, 7) is 5.94. The van der Waals surface area contributed by atoms with E-state index in [4.69, 9.17) is 5.73 Å². The maximum Gasteiger partial charge on any atom is 0.0486 e. The molecule has 1 aromatic rings. The Bertz CT molecular complexity index is 351. The van der Waals surface area contributed by atoms with E-state index in [0.717, 1.165) is 12.0 Å². The van der Waals surface area contributed by atoms with Crippen LogP contribution in [0.15, 0.2) is 24.3 Å². The Balaban J connectivity index is 2.56. The fourth-order valence-electron chi connectivity index (χ4n) is 1.52. The van der Waals surface area contributed by atoms with Gasteiger partial charge in [-0.3, -0.25) is 4.21 Å².